The molecular formula is C23H22N4O3S. The van der Waals surface area contributed by atoms with Crippen LogP contribution in [-0.4, -0.2) is 48.6 Å². The summed E-state index contributed by atoms with van der Waals surface area (Å²) in [6, 6.07) is 13.3. The molecule has 0 aliphatic carbocycles. The fourth-order valence-corrected chi connectivity index (χ4v) is 4.00. The van der Waals surface area contributed by atoms with Gasteiger partial charge >= 0.3 is 0 Å². The van der Waals surface area contributed by atoms with Crippen molar-refractivity contribution in [1.82, 2.24) is 9.88 Å². The topological polar surface area (TPSA) is 82.6 Å². The number of carbonyl (C=O) groups excluding carboxylic acids is 1. The van der Waals surface area contributed by atoms with Crippen LogP contribution in [0.3, 0.4) is 0 Å². The number of nitriles is 1. The summed E-state index contributed by atoms with van der Waals surface area (Å²) in [6.45, 7) is 4.73. The predicted octanol–water partition coefficient (Wildman–Crippen LogP) is 4.14. The molecule has 1 fully saturated rings. The van der Waals surface area contributed by atoms with Crippen LogP contribution in [0.25, 0.3) is 12.2 Å². The minimum atomic E-state index is -0.0136. The highest BCUT2D eigenvalue weighted by atomic mass is 32.1. The SMILES string of the molecule is CCOc1ccc(C(=O)N2CCN(c3oc(C=Cc4cccs4)nc3C#N)CC2)cc1. The van der Waals surface area contributed by atoms with Crippen LogP contribution in [0.2, 0.25) is 0 Å². The van der Waals surface area contributed by atoms with Gasteiger partial charge in [0.1, 0.15) is 11.8 Å². The first kappa shape index (κ1) is 20.7. The average Bonchev–Trinajstić information content (AvgIpc) is 3.48. The van der Waals surface area contributed by atoms with Crippen LogP contribution in [0.4, 0.5) is 5.88 Å². The fourth-order valence-electron chi connectivity index (χ4n) is 3.38. The van der Waals surface area contributed by atoms with E-state index in [1.165, 1.54) is 0 Å². The highest BCUT2D eigenvalue weighted by molar-refractivity contribution is 7.10. The third-order valence-corrected chi connectivity index (χ3v) is 5.77. The van der Waals surface area contributed by atoms with Gasteiger partial charge in [0.05, 0.1) is 6.61 Å². The number of anilines is 1. The maximum atomic E-state index is 12.8. The molecule has 1 aromatic carbocycles. The molecule has 0 radical (unpaired) electrons. The lowest BCUT2D eigenvalue weighted by atomic mass is 10.1. The van der Waals surface area contributed by atoms with Gasteiger partial charge < -0.3 is 19.0 Å². The minimum absolute atomic E-state index is 0.0136. The molecule has 3 aromatic rings. The monoisotopic (exact) mass is 434 g/mol. The summed E-state index contributed by atoms with van der Waals surface area (Å²) in [5, 5.41) is 11.5. The number of ether oxygens (including phenoxy) is 1. The molecule has 2 aromatic heterocycles. The number of hydrogen-bond acceptors (Lipinski definition) is 7. The molecule has 0 saturated carbocycles. The second-order valence-electron chi connectivity index (χ2n) is 6.90. The first-order valence-electron chi connectivity index (χ1n) is 10.1. The third kappa shape index (κ3) is 4.78. The van der Waals surface area contributed by atoms with Crippen molar-refractivity contribution in [3.63, 3.8) is 0 Å². The maximum Gasteiger partial charge on any atom is 0.253 e. The summed E-state index contributed by atoms with van der Waals surface area (Å²) >= 11 is 1.62. The number of piperazine rings is 1. The van der Waals surface area contributed by atoms with Crippen LogP contribution < -0.4 is 9.64 Å². The van der Waals surface area contributed by atoms with Crippen molar-refractivity contribution < 1.29 is 13.9 Å². The van der Waals surface area contributed by atoms with Crippen LogP contribution in [0.5, 0.6) is 5.75 Å². The van der Waals surface area contributed by atoms with Gasteiger partial charge in [-0.15, -0.1) is 11.3 Å². The summed E-state index contributed by atoms with van der Waals surface area (Å²) in [7, 11) is 0. The summed E-state index contributed by atoms with van der Waals surface area (Å²) < 4.78 is 11.3. The van der Waals surface area contributed by atoms with E-state index in [1.807, 2.05) is 52.4 Å². The fraction of sp³-hybridized carbons (Fsp3) is 0.261. The standard InChI is InChI=1S/C23H22N4O3S/c1-2-29-18-7-5-17(6-8-18)22(28)26-11-13-27(14-12-26)23-20(16-24)25-21(30-23)10-9-19-4-3-15-31-19/h3-10,15H,2,11-14H2,1H3. The van der Waals surface area contributed by atoms with Crippen molar-refractivity contribution in [2.75, 3.05) is 37.7 Å². The van der Waals surface area contributed by atoms with Gasteiger partial charge in [-0.25, -0.2) is 0 Å². The van der Waals surface area contributed by atoms with Crippen molar-refractivity contribution in [2.24, 2.45) is 0 Å². The molecular weight excluding hydrogens is 412 g/mol. The number of amides is 1. The predicted molar refractivity (Wildman–Crippen MR) is 120 cm³/mol. The minimum Gasteiger partial charge on any atom is -0.494 e. The van der Waals surface area contributed by atoms with Crippen molar-refractivity contribution in [1.29, 1.82) is 5.26 Å². The van der Waals surface area contributed by atoms with E-state index in [0.29, 0.717) is 50.1 Å². The smallest absolute Gasteiger partial charge is 0.253 e. The Morgan fingerprint density at radius 3 is 2.65 bits per heavy atom. The Morgan fingerprint density at radius 1 is 1.23 bits per heavy atom. The molecule has 0 N–H and O–H groups in total. The second kappa shape index (κ2) is 9.49. The number of carbonyl (C=O) groups is 1. The van der Waals surface area contributed by atoms with Crippen LogP contribution in [0.15, 0.2) is 46.2 Å². The van der Waals surface area contributed by atoms with Crippen molar-refractivity contribution in [2.45, 2.75) is 6.92 Å². The summed E-state index contributed by atoms with van der Waals surface area (Å²) in [5.74, 6) is 1.59. The first-order valence-corrected chi connectivity index (χ1v) is 11.0. The van der Waals surface area contributed by atoms with Gasteiger partial charge in [0.25, 0.3) is 5.91 Å². The second-order valence-corrected chi connectivity index (χ2v) is 7.88. The number of aromatic nitrogens is 1. The van der Waals surface area contributed by atoms with E-state index in [1.54, 1.807) is 29.5 Å². The van der Waals surface area contributed by atoms with Crippen molar-refractivity contribution >= 4 is 35.3 Å². The molecule has 0 atom stereocenters. The maximum absolute atomic E-state index is 12.8. The van der Waals surface area contributed by atoms with Crippen LogP contribution in [0, 0.1) is 11.3 Å². The molecule has 1 aliphatic rings. The molecule has 1 aliphatic heterocycles. The molecule has 158 valence electrons. The summed E-state index contributed by atoms with van der Waals surface area (Å²) in [5.41, 5.74) is 0.896. The zero-order valence-corrected chi connectivity index (χ0v) is 18.0. The molecule has 31 heavy (non-hydrogen) atoms. The molecule has 0 bridgehead atoms. The van der Waals surface area contributed by atoms with E-state index < -0.39 is 0 Å². The molecule has 1 amide bonds. The Balaban J connectivity index is 1.40. The summed E-state index contributed by atoms with van der Waals surface area (Å²) in [6.07, 6.45) is 3.68. The Labute approximate surface area is 184 Å². The van der Waals surface area contributed by atoms with Gasteiger partial charge in [-0.2, -0.15) is 10.2 Å². The lowest BCUT2D eigenvalue weighted by Crippen LogP contribution is -2.48. The van der Waals surface area contributed by atoms with E-state index in [4.69, 9.17) is 9.15 Å². The van der Waals surface area contributed by atoms with E-state index in [0.717, 1.165) is 10.6 Å². The van der Waals surface area contributed by atoms with Crippen LogP contribution in [0.1, 0.15) is 33.7 Å². The molecule has 3 heterocycles. The third-order valence-electron chi connectivity index (χ3n) is 4.93. The number of oxazole rings is 1. The number of hydrogen-bond donors (Lipinski definition) is 0. The van der Waals surface area contributed by atoms with E-state index in [-0.39, 0.29) is 11.6 Å². The molecule has 0 spiro atoms. The van der Waals surface area contributed by atoms with E-state index in [9.17, 15) is 10.1 Å². The molecule has 4 rings (SSSR count). The largest absolute Gasteiger partial charge is 0.494 e. The number of benzene rings is 1. The van der Waals surface area contributed by atoms with Gasteiger partial charge in [0.2, 0.25) is 17.5 Å². The zero-order chi connectivity index (χ0) is 21.6. The Morgan fingerprint density at radius 2 is 2.00 bits per heavy atom. The summed E-state index contributed by atoms with van der Waals surface area (Å²) in [4.78, 5) is 22.0. The van der Waals surface area contributed by atoms with Crippen molar-refractivity contribution in [3.8, 4) is 11.8 Å². The highest BCUT2D eigenvalue weighted by Crippen LogP contribution is 2.25. The number of rotatable bonds is 6. The Bertz CT molecular complexity index is 1090. The number of nitrogens with zero attached hydrogens (tertiary/aromatic N) is 4. The molecule has 8 heteroatoms. The van der Waals surface area contributed by atoms with Gasteiger partial charge in [0, 0.05) is 42.7 Å². The van der Waals surface area contributed by atoms with Crippen LogP contribution >= 0.6 is 11.3 Å². The zero-order valence-electron chi connectivity index (χ0n) is 17.2. The lowest BCUT2D eigenvalue weighted by Gasteiger charge is -2.34. The van der Waals surface area contributed by atoms with E-state index >= 15 is 0 Å². The molecule has 7 nitrogen and oxygen atoms in total. The lowest BCUT2D eigenvalue weighted by molar-refractivity contribution is 0.0745. The Hall–Kier alpha value is -3.57. The average molecular weight is 435 g/mol. The van der Waals surface area contributed by atoms with Gasteiger partial charge in [-0.05, 0) is 48.7 Å². The van der Waals surface area contributed by atoms with Gasteiger partial charge in [-0.3, -0.25) is 4.79 Å². The normalized spacial score (nSPS) is 14.1. The highest BCUT2D eigenvalue weighted by Gasteiger charge is 2.26. The molecule has 0 unspecified atom stereocenters. The van der Waals surface area contributed by atoms with Crippen molar-refractivity contribution in [3.05, 3.63) is 63.8 Å². The molecule has 1 saturated heterocycles. The van der Waals surface area contributed by atoms with Gasteiger partial charge in [0.15, 0.2) is 0 Å². The van der Waals surface area contributed by atoms with Crippen LogP contribution in [-0.2, 0) is 0 Å². The first-order chi connectivity index (χ1) is 15.2. The Kier molecular flexibility index (Phi) is 6.34. The number of thiophene rings is 1. The van der Waals surface area contributed by atoms with E-state index in [2.05, 4.69) is 11.1 Å². The quantitative estimate of drug-likeness (QED) is 0.580. The van der Waals surface area contributed by atoms with Gasteiger partial charge in [-0.1, -0.05) is 6.07 Å².